The van der Waals surface area contributed by atoms with E-state index in [4.69, 9.17) is 4.74 Å². The molecule has 4 heteroatoms. The van der Waals surface area contributed by atoms with Gasteiger partial charge >= 0.3 is 0 Å². The Morgan fingerprint density at radius 3 is 3.00 bits per heavy atom. The Balaban J connectivity index is 1.97. The third-order valence-corrected chi connectivity index (χ3v) is 4.24. The Labute approximate surface area is 109 Å². The Hall–Kier alpha value is -1.39. The molecule has 3 rings (SSSR count). The van der Waals surface area contributed by atoms with Crippen LogP contribution in [0.1, 0.15) is 29.0 Å². The molecule has 1 aromatic heterocycles. The summed E-state index contributed by atoms with van der Waals surface area (Å²) in [4.78, 5) is 1.21. The van der Waals surface area contributed by atoms with E-state index in [1.807, 2.05) is 18.5 Å². The monoisotopic (exact) mass is 263 g/mol. The highest BCUT2D eigenvalue weighted by atomic mass is 32.1. The molecule has 0 amide bonds. The molecule has 0 spiro atoms. The standard InChI is InChI=1S/C14H14FNOS/c1-16-11-8-13(14-3-2-6-18-14)17-12-5-4-9(15)7-10(11)12/h2-7,11,13,16H,8H2,1H3. The fraction of sp³-hybridized carbons (Fsp3) is 0.286. The number of ether oxygens (including phenoxy) is 1. The van der Waals surface area contributed by atoms with E-state index in [1.165, 1.54) is 10.9 Å². The molecule has 94 valence electrons. The normalized spacial score (nSPS) is 22.3. The van der Waals surface area contributed by atoms with Gasteiger partial charge in [0.2, 0.25) is 0 Å². The van der Waals surface area contributed by atoms with Gasteiger partial charge in [0, 0.05) is 22.9 Å². The number of benzene rings is 1. The van der Waals surface area contributed by atoms with E-state index < -0.39 is 0 Å². The van der Waals surface area contributed by atoms with Crippen LogP contribution in [-0.4, -0.2) is 7.05 Å². The fourth-order valence-electron chi connectivity index (χ4n) is 2.36. The van der Waals surface area contributed by atoms with Crippen LogP contribution < -0.4 is 10.1 Å². The quantitative estimate of drug-likeness (QED) is 0.892. The van der Waals surface area contributed by atoms with Gasteiger partial charge in [-0.2, -0.15) is 0 Å². The van der Waals surface area contributed by atoms with Gasteiger partial charge in [-0.25, -0.2) is 4.39 Å². The van der Waals surface area contributed by atoms with E-state index in [2.05, 4.69) is 11.4 Å². The van der Waals surface area contributed by atoms with Crippen molar-refractivity contribution in [2.75, 3.05) is 7.05 Å². The van der Waals surface area contributed by atoms with Gasteiger partial charge in [-0.05, 0) is 36.7 Å². The number of thiophene rings is 1. The lowest BCUT2D eigenvalue weighted by Crippen LogP contribution is -2.26. The third-order valence-electron chi connectivity index (χ3n) is 3.28. The minimum absolute atomic E-state index is 0.0559. The number of hydrogen-bond donors (Lipinski definition) is 1. The maximum Gasteiger partial charge on any atom is 0.135 e. The third kappa shape index (κ3) is 2.02. The summed E-state index contributed by atoms with van der Waals surface area (Å²) >= 11 is 1.69. The molecule has 0 fully saturated rings. The van der Waals surface area contributed by atoms with Crippen LogP contribution in [-0.2, 0) is 0 Å². The van der Waals surface area contributed by atoms with Crippen LogP contribution in [0.3, 0.4) is 0 Å². The topological polar surface area (TPSA) is 21.3 Å². The Morgan fingerprint density at radius 1 is 1.39 bits per heavy atom. The number of hydrogen-bond acceptors (Lipinski definition) is 3. The maximum atomic E-state index is 13.3. The molecular weight excluding hydrogens is 249 g/mol. The predicted octanol–water partition coefficient (Wildman–Crippen LogP) is 3.67. The van der Waals surface area contributed by atoms with Crippen LogP contribution in [0, 0.1) is 5.82 Å². The van der Waals surface area contributed by atoms with Gasteiger partial charge in [-0.15, -0.1) is 11.3 Å². The van der Waals surface area contributed by atoms with Gasteiger partial charge < -0.3 is 10.1 Å². The smallest absolute Gasteiger partial charge is 0.135 e. The molecule has 1 aliphatic rings. The summed E-state index contributed by atoms with van der Waals surface area (Å²) in [6.07, 6.45) is 0.883. The largest absolute Gasteiger partial charge is 0.484 e. The van der Waals surface area contributed by atoms with Crippen molar-refractivity contribution in [3.05, 3.63) is 52.0 Å². The second kappa shape index (κ2) is 4.71. The van der Waals surface area contributed by atoms with Gasteiger partial charge in [0.25, 0.3) is 0 Å². The average Bonchev–Trinajstić information content (AvgIpc) is 2.91. The molecule has 2 nitrogen and oxygen atoms in total. The summed E-state index contributed by atoms with van der Waals surface area (Å²) in [7, 11) is 1.90. The van der Waals surface area contributed by atoms with E-state index in [0.29, 0.717) is 0 Å². The zero-order chi connectivity index (χ0) is 12.5. The number of nitrogens with one attached hydrogen (secondary N) is 1. The molecular formula is C14H14FNOS. The first kappa shape index (κ1) is 11.7. The molecule has 0 saturated heterocycles. The summed E-state index contributed by atoms with van der Waals surface area (Å²) in [6, 6.07) is 8.96. The molecule has 1 N–H and O–H groups in total. The lowest BCUT2D eigenvalue weighted by Gasteiger charge is -2.31. The summed E-state index contributed by atoms with van der Waals surface area (Å²) in [5.74, 6) is 0.563. The van der Waals surface area contributed by atoms with E-state index in [9.17, 15) is 4.39 Å². The average molecular weight is 263 g/mol. The van der Waals surface area contributed by atoms with Crippen LogP contribution in [0.2, 0.25) is 0 Å². The summed E-state index contributed by atoms with van der Waals surface area (Å²) in [5, 5.41) is 5.29. The van der Waals surface area contributed by atoms with Crippen molar-refractivity contribution in [1.82, 2.24) is 5.32 Å². The van der Waals surface area contributed by atoms with Crippen LogP contribution in [0.4, 0.5) is 4.39 Å². The van der Waals surface area contributed by atoms with Crippen LogP contribution in [0.25, 0.3) is 0 Å². The molecule has 2 heterocycles. The van der Waals surface area contributed by atoms with Crippen molar-refractivity contribution in [3.8, 4) is 5.75 Å². The first-order chi connectivity index (χ1) is 8.78. The van der Waals surface area contributed by atoms with Gasteiger partial charge in [-0.1, -0.05) is 6.07 Å². The van der Waals surface area contributed by atoms with Crippen molar-refractivity contribution in [3.63, 3.8) is 0 Å². The second-order valence-corrected chi connectivity index (χ2v) is 5.36. The zero-order valence-electron chi connectivity index (χ0n) is 10.0. The van der Waals surface area contributed by atoms with Crippen molar-refractivity contribution < 1.29 is 9.13 Å². The Morgan fingerprint density at radius 2 is 2.28 bits per heavy atom. The van der Waals surface area contributed by atoms with Crippen LogP contribution in [0.5, 0.6) is 5.75 Å². The predicted molar refractivity (Wildman–Crippen MR) is 70.5 cm³/mol. The highest BCUT2D eigenvalue weighted by Crippen LogP contribution is 2.41. The first-order valence-corrected chi connectivity index (χ1v) is 6.82. The van der Waals surface area contributed by atoms with Crippen molar-refractivity contribution in [2.24, 2.45) is 0 Å². The number of rotatable bonds is 2. The molecule has 2 unspecified atom stereocenters. The Kier molecular flexibility index (Phi) is 3.06. The molecule has 0 radical (unpaired) electrons. The summed E-state index contributed by atoms with van der Waals surface area (Å²) in [6.45, 7) is 0. The Bertz CT molecular complexity index is 541. The maximum absolute atomic E-state index is 13.3. The highest BCUT2D eigenvalue weighted by molar-refractivity contribution is 7.10. The molecule has 0 aliphatic carbocycles. The highest BCUT2D eigenvalue weighted by Gasteiger charge is 2.29. The lowest BCUT2D eigenvalue weighted by molar-refractivity contribution is 0.156. The zero-order valence-corrected chi connectivity index (χ0v) is 10.8. The molecule has 1 aliphatic heterocycles. The van der Waals surface area contributed by atoms with Crippen LogP contribution in [0.15, 0.2) is 35.7 Å². The van der Waals surface area contributed by atoms with E-state index in [0.717, 1.165) is 17.7 Å². The van der Waals surface area contributed by atoms with Gasteiger partial charge in [0.05, 0.1) is 0 Å². The van der Waals surface area contributed by atoms with E-state index in [1.54, 1.807) is 23.5 Å². The molecule has 0 saturated carbocycles. The molecule has 2 aromatic rings. The van der Waals surface area contributed by atoms with Crippen LogP contribution >= 0.6 is 11.3 Å². The van der Waals surface area contributed by atoms with Gasteiger partial charge in [-0.3, -0.25) is 0 Å². The second-order valence-electron chi connectivity index (χ2n) is 4.38. The number of fused-ring (bicyclic) bond motifs is 1. The molecule has 2 atom stereocenters. The summed E-state index contributed by atoms with van der Waals surface area (Å²) in [5.41, 5.74) is 0.908. The fourth-order valence-corrected chi connectivity index (χ4v) is 3.13. The molecule has 0 bridgehead atoms. The molecule has 18 heavy (non-hydrogen) atoms. The van der Waals surface area contributed by atoms with Crippen molar-refractivity contribution in [2.45, 2.75) is 18.6 Å². The lowest BCUT2D eigenvalue weighted by atomic mass is 9.96. The van der Waals surface area contributed by atoms with Crippen molar-refractivity contribution in [1.29, 1.82) is 0 Å². The minimum Gasteiger partial charge on any atom is -0.484 e. The SMILES string of the molecule is CNC1CC(c2cccs2)Oc2ccc(F)cc21. The van der Waals surface area contributed by atoms with Gasteiger partial charge in [0.15, 0.2) is 0 Å². The van der Waals surface area contributed by atoms with Crippen molar-refractivity contribution >= 4 is 11.3 Å². The number of halogens is 1. The van der Waals surface area contributed by atoms with E-state index in [-0.39, 0.29) is 18.0 Å². The first-order valence-electron chi connectivity index (χ1n) is 5.94. The molecule has 1 aromatic carbocycles. The van der Waals surface area contributed by atoms with E-state index >= 15 is 0 Å². The summed E-state index contributed by atoms with van der Waals surface area (Å²) < 4.78 is 19.3. The minimum atomic E-state index is -0.216. The van der Waals surface area contributed by atoms with Gasteiger partial charge in [0.1, 0.15) is 17.7 Å².